The van der Waals surface area contributed by atoms with Crippen molar-refractivity contribution in [1.82, 2.24) is 4.90 Å². The molecule has 0 radical (unpaired) electrons. The van der Waals surface area contributed by atoms with E-state index in [1.54, 1.807) is 26.2 Å². The molecule has 5 heteroatoms. The number of thiophene rings is 1. The minimum Gasteiger partial charge on any atom is -0.465 e. The van der Waals surface area contributed by atoms with Gasteiger partial charge in [0.1, 0.15) is 4.88 Å². The number of nitrogens with zero attached hydrogens (tertiary/aromatic N) is 1. The van der Waals surface area contributed by atoms with Gasteiger partial charge in [-0.2, -0.15) is 0 Å². The first-order valence-electron chi connectivity index (χ1n) is 3.96. The quantitative estimate of drug-likeness (QED) is 0.694. The summed E-state index contributed by atoms with van der Waals surface area (Å²) in [6.45, 7) is 0. The maximum atomic E-state index is 11.5. The maximum absolute atomic E-state index is 11.5. The van der Waals surface area contributed by atoms with Crippen molar-refractivity contribution in [2.75, 3.05) is 21.2 Å². The van der Waals surface area contributed by atoms with E-state index < -0.39 is 5.97 Å². The van der Waals surface area contributed by atoms with Crippen LogP contribution in [0.5, 0.6) is 0 Å². The third-order valence-corrected chi connectivity index (χ3v) is 2.66. The third kappa shape index (κ3) is 2.11. The first-order valence-corrected chi connectivity index (χ1v) is 4.77. The van der Waals surface area contributed by atoms with Crippen LogP contribution < -0.4 is 0 Å². The minimum absolute atomic E-state index is 0.106. The molecule has 0 aliphatic rings. The van der Waals surface area contributed by atoms with Gasteiger partial charge in [0.2, 0.25) is 0 Å². The number of hydrogen-bond donors (Lipinski definition) is 0. The van der Waals surface area contributed by atoms with Crippen LogP contribution in [0.2, 0.25) is 0 Å². The van der Waals surface area contributed by atoms with Gasteiger partial charge >= 0.3 is 5.97 Å². The molecule has 0 atom stereocenters. The molecule has 0 unspecified atom stereocenters. The van der Waals surface area contributed by atoms with Crippen molar-refractivity contribution in [3.05, 3.63) is 21.9 Å². The van der Waals surface area contributed by atoms with Gasteiger partial charge in [-0.1, -0.05) is 0 Å². The lowest BCUT2D eigenvalue weighted by Gasteiger charge is -2.06. The number of rotatable bonds is 2. The molecule has 14 heavy (non-hydrogen) atoms. The Labute approximate surface area is 86.1 Å². The van der Waals surface area contributed by atoms with Crippen LogP contribution in [-0.4, -0.2) is 38.0 Å². The fourth-order valence-electron chi connectivity index (χ4n) is 0.884. The Hall–Kier alpha value is -1.36. The summed E-state index contributed by atoms with van der Waals surface area (Å²) in [6, 6.07) is 3.21. The highest BCUT2D eigenvalue weighted by molar-refractivity contribution is 7.15. The van der Waals surface area contributed by atoms with E-state index in [2.05, 4.69) is 4.74 Å². The second kappa shape index (κ2) is 4.23. The molecule has 0 N–H and O–H groups in total. The Bertz CT molecular complexity index is 357. The molecule has 1 amide bonds. The van der Waals surface area contributed by atoms with Gasteiger partial charge in [0, 0.05) is 14.1 Å². The van der Waals surface area contributed by atoms with E-state index in [9.17, 15) is 9.59 Å². The van der Waals surface area contributed by atoms with E-state index in [0.29, 0.717) is 9.75 Å². The maximum Gasteiger partial charge on any atom is 0.348 e. The van der Waals surface area contributed by atoms with E-state index in [0.717, 1.165) is 11.3 Å². The van der Waals surface area contributed by atoms with Gasteiger partial charge in [0.05, 0.1) is 12.0 Å². The van der Waals surface area contributed by atoms with Gasteiger partial charge < -0.3 is 9.64 Å². The van der Waals surface area contributed by atoms with Crippen LogP contribution in [0.1, 0.15) is 19.3 Å². The molecule has 1 rings (SSSR count). The lowest BCUT2D eigenvalue weighted by atomic mass is 10.4. The highest BCUT2D eigenvalue weighted by Crippen LogP contribution is 2.18. The first kappa shape index (κ1) is 10.7. The second-order valence-electron chi connectivity index (χ2n) is 2.86. The van der Waals surface area contributed by atoms with Crippen molar-refractivity contribution in [2.24, 2.45) is 0 Å². The summed E-state index contributed by atoms with van der Waals surface area (Å²) in [5.41, 5.74) is 0. The molecular formula is C9H11NO3S. The number of amides is 1. The standard InChI is InChI=1S/C9H11NO3S/c1-10(2)8(11)6-4-5-7(14-6)9(12)13-3/h4-5H,1-3H3. The molecule has 0 spiro atoms. The van der Waals surface area contributed by atoms with E-state index in [-0.39, 0.29) is 5.91 Å². The van der Waals surface area contributed by atoms with Crippen LogP contribution >= 0.6 is 11.3 Å². The topological polar surface area (TPSA) is 46.6 Å². The van der Waals surface area contributed by atoms with Gasteiger partial charge in [-0.25, -0.2) is 4.79 Å². The Morgan fingerprint density at radius 2 is 1.86 bits per heavy atom. The van der Waals surface area contributed by atoms with E-state index >= 15 is 0 Å². The molecule has 0 bridgehead atoms. The molecule has 0 aliphatic heterocycles. The summed E-state index contributed by atoms with van der Waals surface area (Å²) < 4.78 is 4.54. The van der Waals surface area contributed by atoms with Crippen LogP contribution in [0.25, 0.3) is 0 Å². The first-order chi connectivity index (χ1) is 6.56. The van der Waals surface area contributed by atoms with Crippen molar-refractivity contribution < 1.29 is 14.3 Å². The van der Waals surface area contributed by atoms with Crippen LogP contribution in [0.3, 0.4) is 0 Å². The molecule has 1 aromatic heterocycles. The molecule has 76 valence electrons. The Morgan fingerprint density at radius 3 is 2.36 bits per heavy atom. The summed E-state index contributed by atoms with van der Waals surface area (Å²) in [5.74, 6) is -0.516. The monoisotopic (exact) mass is 213 g/mol. The van der Waals surface area contributed by atoms with Crippen molar-refractivity contribution >= 4 is 23.2 Å². The molecule has 0 aromatic carbocycles. The molecule has 4 nitrogen and oxygen atoms in total. The summed E-state index contributed by atoms with van der Waals surface area (Å²) in [7, 11) is 4.65. The predicted octanol–water partition coefficient (Wildman–Crippen LogP) is 1.24. The van der Waals surface area contributed by atoms with E-state index in [1.165, 1.54) is 12.0 Å². The third-order valence-electron chi connectivity index (χ3n) is 1.61. The summed E-state index contributed by atoms with van der Waals surface area (Å²) >= 11 is 1.14. The number of carbonyl (C=O) groups excluding carboxylic acids is 2. The highest BCUT2D eigenvalue weighted by atomic mass is 32.1. The zero-order valence-electron chi connectivity index (χ0n) is 8.23. The fraction of sp³-hybridized carbons (Fsp3) is 0.333. The molecule has 0 saturated carbocycles. The SMILES string of the molecule is COC(=O)c1ccc(C(=O)N(C)C)s1. The van der Waals surface area contributed by atoms with Crippen molar-refractivity contribution in [3.63, 3.8) is 0 Å². The van der Waals surface area contributed by atoms with E-state index in [1.807, 2.05) is 0 Å². The zero-order valence-corrected chi connectivity index (χ0v) is 9.05. The molecular weight excluding hydrogens is 202 g/mol. The van der Waals surface area contributed by atoms with Crippen LogP contribution in [0.15, 0.2) is 12.1 Å². The number of carbonyl (C=O) groups is 2. The van der Waals surface area contributed by atoms with Crippen molar-refractivity contribution in [3.8, 4) is 0 Å². The van der Waals surface area contributed by atoms with Gasteiger partial charge in [0.15, 0.2) is 0 Å². The van der Waals surface area contributed by atoms with Crippen LogP contribution in [0.4, 0.5) is 0 Å². The van der Waals surface area contributed by atoms with Gasteiger partial charge in [-0.15, -0.1) is 11.3 Å². The number of esters is 1. The second-order valence-corrected chi connectivity index (χ2v) is 3.94. The molecule has 0 saturated heterocycles. The smallest absolute Gasteiger partial charge is 0.348 e. The van der Waals surface area contributed by atoms with Crippen LogP contribution in [-0.2, 0) is 4.74 Å². The van der Waals surface area contributed by atoms with Gasteiger partial charge in [-0.05, 0) is 12.1 Å². The van der Waals surface area contributed by atoms with Crippen molar-refractivity contribution in [2.45, 2.75) is 0 Å². The average Bonchev–Trinajstić information content (AvgIpc) is 2.64. The Balaban J connectivity index is 2.88. The van der Waals surface area contributed by atoms with E-state index in [4.69, 9.17) is 0 Å². The number of methoxy groups -OCH3 is 1. The molecule has 1 aromatic rings. The highest BCUT2D eigenvalue weighted by Gasteiger charge is 2.14. The summed E-state index contributed by atoms with van der Waals surface area (Å²) in [6.07, 6.45) is 0. The van der Waals surface area contributed by atoms with Gasteiger partial charge in [-0.3, -0.25) is 4.79 Å². The molecule has 1 heterocycles. The predicted molar refractivity (Wildman–Crippen MR) is 53.7 cm³/mol. The summed E-state index contributed by atoms with van der Waals surface area (Å²) in [5, 5.41) is 0. The van der Waals surface area contributed by atoms with Crippen LogP contribution in [0, 0.1) is 0 Å². The lowest BCUT2D eigenvalue weighted by Crippen LogP contribution is -2.20. The zero-order chi connectivity index (χ0) is 10.7. The Morgan fingerprint density at radius 1 is 1.29 bits per heavy atom. The normalized spacial score (nSPS) is 9.64. The largest absolute Gasteiger partial charge is 0.465 e. The van der Waals surface area contributed by atoms with Gasteiger partial charge in [0.25, 0.3) is 5.91 Å². The summed E-state index contributed by atoms with van der Waals surface area (Å²) in [4.78, 5) is 25.0. The van der Waals surface area contributed by atoms with Crippen molar-refractivity contribution in [1.29, 1.82) is 0 Å². The number of ether oxygens (including phenoxy) is 1. The lowest BCUT2D eigenvalue weighted by molar-refractivity contribution is 0.0606. The number of hydrogen-bond acceptors (Lipinski definition) is 4. The Kier molecular flexibility index (Phi) is 3.24. The molecule has 0 fully saturated rings. The average molecular weight is 213 g/mol. The molecule has 0 aliphatic carbocycles. The fourth-order valence-corrected chi connectivity index (χ4v) is 1.83. The minimum atomic E-state index is -0.409.